The molecule has 0 saturated heterocycles. The average molecular weight is 258 g/mol. The molecule has 3 rings (SSSR count). The Balaban J connectivity index is 2.03. The Bertz CT molecular complexity index is 503. The van der Waals surface area contributed by atoms with Crippen LogP contribution in [0.4, 0.5) is 5.69 Å². The molecule has 0 atom stereocenters. The maximum Gasteiger partial charge on any atom is 0.227 e. The highest BCUT2D eigenvalue weighted by Gasteiger charge is 2.35. The zero-order valence-electron chi connectivity index (χ0n) is 11.6. The summed E-state index contributed by atoms with van der Waals surface area (Å²) in [6.07, 6.45) is 6.39. The lowest BCUT2D eigenvalue weighted by atomic mass is 9.78. The van der Waals surface area contributed by atoms with Gasteiger partial charge in [0.05, 0.1) is 0 Å². The number of carbonyl (C=O) groups is 1. The first-order valence-electron chi connectivity index (χ1n) is 7.26. The summed E-state index contributed by atoms with van der Waals surface area (Å²) in [4.78, 5) is 13.6. The summed E-state index contributed by atoms with van der Waals surface area (Å²) >= 11 is 0. The second-order valence-corrected chi connectivity index (χ2v) is 5.99. The molecule has 0 radical (unpaired) electrons. The molecule has 1 amide bonds. The standard InChI is InChI=1S/C16H22N2O/c1-18-14-10-13(16(11-17)8-2-3-9-16)6-4-12(14)5-7-15(18)19/h4,6,10H,2-3,5,7-9,11,17H2,1H3. The van der Waals surface area contributed by atoms with Gasteiger partial charge in [-0.25, -0.2) is 0 Å². The number of nitrogens with zero attached hydrogens (tertiary/aromatic N) is 1. The second-order valence-electron chi connectivity index (χ2n) is 5.99. The van der Waals surface area contributed by atoms with Gasteiger partial charge in [0, 0.05) is 31.1 Å². The van der Waals surface area contributed by atoms with E-state index >= 15 is 0 Å². The summed E-state index contributed by atoms with van der Waals surface area (Å²) in [5.41, 5.74) is 9.91. The van der Waals surface area contributed by atoms with Gasteiger partial charge < -0.3 is 10.6 Å². The molecule has 1 heterocycles. The number of nitrogens with two attached hydrogens (primary N) is 1. The topological polar surface area (TPSA) is 46.3 Å². The monoisotopic (exact) mass is 258 g/mol. The number of benzene rings is 1. The van der Waals surface area contributed by atoms with Crippen molar-refractivity contribution in [1.29, 1.82) is 0 Å². The van der Waals surface area contributed by atoms with Gasteiger partial charge in [-0.1, -0.05) is 25.0 Å². The van der Waals surface area contributed by atoms with Crippen molar-refractivity contribution in [2.45, 2.75) is 43.9 Å². The minimum Gasteiger partial charge on any atom is -0.330 e. The van der Waals surface area contributed by atoms with Gasteiger partial charge in [0.15, 0.2) is 0 Å². The number of aryl methyl sites for hydroxylation is 1. The average Bonchev–Trinajstić information content (AvgIpc) is 2.93. The fraction of sp³-hybridized carbons (Fsp3) is 0.562. The van der Waals surface area contributed by atoms with E-state index in [9.17, 15) is 4.79 Å². The molecule has 0 aromatic heterocycles. The van der Waals surface area contributed by atoms with E-state index in [-0.39, 0.29) is 11.3 Å². The van der Waals surface area contributed by atoms with E-state index in [2.05, 4.69) is 18.2 Å². The van der Waals surface area contributed by atoms with E-state index in [0.717, 1.165) is 12.1 Å². The van der Waals surface area contributed by atoms with Gasteiger partial charge in [-0.15, -0.1) is 0 Å². The van der Waals surface area contributed by atoms with Gasteiger partial charge in [0.1, 0.15) is 0 Å². The highest BCUT2D eigenvalue weighted by Crippen LogP contribution is 2.42. The van der Waals surface area contributed by atoms with Crippen LogP contribution in [0.15, 0.2) is 18.2 Å². The van der Waals surface area contributed by atoms with E-state index in [1.165, 1.54) is 36.8 Å². The van der Waals surface area contributed by atoms with Gasteiger partial charge in [-0.3, -0.25) is 4.79 Å². The number of hydrogen-bond donors (Lipinski definition) is 1. The molecule has 102 valence electrons. The quantitative estimate of drug-likeness (QED) is 0.885. The summed E-state index contributed by atoms with van der Waals surface area (Å²) in [5.74, 6) is 0.220. The highest BCUT2D eigenvalue weighted by molar-refractivity contribution is 5.96. The zero-order chi connectivity index (χ0) is 13.5. The normalized spacial score (nSPS) is 21.6. The van der Waals surface area contributed by atoms with Gasteiger partial charge in [-0.05, 0) is 36.5 Å². The fourth-order valence-corrected chi connectivity index (χ4v) is 3.62. The minimum absolute atomic E-state index is 0.149. The lowest BCUT2D eigenvalue weighted by Gasteiger charge is -2.32. The molecule has 1 aromatic carbocycles. The Morgan fingerprint density at radius 2 is 2.00 bits per heavy atom. The molecule has 1 aromatic rings. The van der Waals surface area contributed by atoms with Crippen LogP contribution < -0.4 is 10.6 Å². The number of anilines is 1. The van der Waals surface area contributed by atoms with E-state index in [0.29, 0.717) is 13.0 Å². The molecule has 0 bridgehead atoms. The Morgan fingerprint density at radius 1 is 1.26 bits per heavy atom. The molecule has 1 fully saturated rings. The number of carbonyl (C=O) groups excluding carboxylic acids is 1. The van der Waals surface area contributed by atoms with Crippen LogP contribution in [0.25, 0.3) is 0 Å². The van der Waals surface area contributed by atoms with Crippen molar-refractivity contribution in [3.63, 3.8) is 0 Å². The van der Waals surface area contributed by atoms with Crippen LogP contribution in [0.1, 0.15) is 43.2 Å². The summed E-state index contributed by atoms with van der Waals surface area (Å²) in [6.45, 7) is 0.712. The first-order chi connectivity index (χ1) is 9.16. The maximum absolute atomic E-state index is 11.8. The van der Waals surface area contributed by atoms with Crippen LogP contribution in [-0.4, -0.2) is 19.5 Å². The van der Waals surface area contributed by atoms with Crippen molar-refractivity contribution >= 4 is 11.6 Å². The van der Waals surface area contributed by atoms with Crippen LogP contribution in [0.2, 0.25) is 0 Å². The summed E-state index contributed by atoms with van der Waals surface area (Å²) < 4.78 is 0. The number of hydrogen-bond acceptors (Lipinski definition) is 2. The largest absolute Gasteiger partial charge is 0.330 e. The summed E-state index contributed by atoms with van der Waals surface area (Å²) in [7, 11) is 1.88. The third kappa shape index (κ3) is 1.96. The molecule has 19 heavy (non-hydrogen) atoms. The van der Waals surface area contributed by atoms with Crippen molar-refractivity contribution in [1.82, 2.24) is 0 Å². The van der Waals surface area contributed by atoms with Gasteiger partial charge in [0.25, 0.3) is 0 Å². The van der Waals surface area contributed by atoms with E-state index in [1.54, 1.807) is 0 Å². The van der Waals surface area contributed by atoms with E-state index < -0.39 is 0 Å². The van der Waals surface area contributed by atoms with E-state index in [4.69, 9.17) is 5.73 Å². The van der Waals surface area contributed by atoms with Crippen molar-refractivity contribution in [3.8, 4) is 0 Å². The lowest BCUT2D eigenvalue weighted by molar-refractivity contribution is -0.118. The first kappa shape index (κ1) is 12.7. The molecule has 1 aliphatic carbocycles. The number of fused-ring (bicyclic) bond motifs is 1. The van der Waals surface area contributed by atoms with Crippen LogP contribution >= 0.6 is 0 Å². The molecule has 2 N–H and O–H groups in total. The van der Waals surface area contributed by atoms with Crippen molar-refractivity contribution in [2.75, 3.05) is 18.5 Å². The number of amides is 1. The lowest BCUT2D eigenvalue weighted by Crippen LogP contribution is -2.34. The highest BCUT2D eigenvalue weighted by atomic mass is 16.2. The fourth-order valence-electron chi connectivity index (χ4n) is 3.62. The smallest absolute Gasteiger partial charge is 0.227 e. The van der Waals surface area contributed by atoms with Crippen LogP contribution in [-0.2, 0) is 16.6 Å². The predicted molar refractivity (Wildman–Crippen MR) is 77.4 cm³/mol. The molecule has 3 nitrogen and oxygen atoms in total. The van der Waals surface area contributed by atoms with Crippen LogP contribution in [0.5, 0.6) is 0 Å². The van der Waals surface area contributed by atoms with Crippen molar-refractivity contribution in [3.05, 3.63) is 29.3 Å². The van der Waals surface area contributed by atoms with E-state index in [1.807, 2.05) is 11.9 Å². The third-order valence-corrected chi connectivity index (χ3v) is 4.99. The molecular formula is C16H22N2O. The van der Waals surface area contributed by atoms with Gasteiger partial charge in [0.2, 0.25) is 5.91 Å². The summed E-state index contributed by atoms with van der Waals surface area (Å²) in [5, 5.41) is 0. The van der Waals surface area contributed by atoms with Crippen molar-refractivity contribution in [2.24, 2.45) is 5.73 Å². The molecule has 1 aliphatic heterocycles. The van der Waals surface area contributed by atoms with Gasteiger partial charge >= 0.3 is 0 Å². The van der Waals surface area contributed by atoms with Gasteiger partial charge in [-0.2, -0.15) is 0 Å². The molecule has 2 aliphatic rings. The maximum atomic E-state index is 11.8. The first-order valence-corrected chi connectivity index (χ1v) is 7.26. The molecule has 1 saturated carbocycles. The molecule has 0 spiro atoms. The molecular weight excluding hydrogens is 236 g/mol. The second kappa shape index (κ2) is 4.64. The minimum atomic E-state index is 0.149. The SMILES string of the molecule is CN1C(=O)CCc2ccc(C3(CN)CCCC3)cc21. The molecule has 3 heteroatoms. The Kier molecular flexibility index (Phi) is 3.09. The Hall–Kier alpha value is -1.35. The zero-order valence-corrected chi connectivity index (χ0v) is 11.6. The third-order valence-electron chi connectivity index (χ3n) is 4.99. The van der Waals surface area contributed by atoms with Crippen LogP contribution in [0.3, 0.4) is 0 Å². The Labute approximate surface area is 114 Å². The number of rotatable bonds is 2. The predicted octanol–water partition coefficient (Wildman–Crippen LogP) is 2.37. The van der Waals surface area contributed by atoms with Crippen molar-refractivity contribution < 1.29 is 4.79 Å². The molecule has 0 unspecified atom stereocenters. The summed E-state index contributed by atoms with van der Waals surface area (Å²) in [6, 6.07) is 6.65. The Morgan fingerprint density at radius 3 is 2.68 bits per heavy atom. The van der Waals surface area contributed by atoms with Crippen LogP contribution in [0, 0.1) is 0 Å².